The van der Waals surface area contributed by atoms with Gasteiger partial charge in [0.05, 0.1) is 6.54 Å². The van der Waals surface area contributed by atoms with E-state index in [2.05, 4.69) is 24.1 Å². The molecule has 1 amide bonds. The highest BCUT2D eigenvalue weighted by Gasteiger charge is 2.12. The first-order valence-corrected chi connectivity index (χ1v) is 5.71. The molecule has 0 saturated carbocycles. The van der Waals surface area contributed by atoms with Crippen LogP contribution in [0.15, 0.2) is 0 Å². The summed E-state index contributed by atoms with van der Waals surface area (Å²) in [6.07, 6.45) is 0. The Morgan fingerprint density at radius 1 is 1.40 bits per heavy atom. The van der Waals surface area contributed by atoms with Crippen molar-refractivity contribution in [1.82, 2.24) is 10.2 Å². The van der Waals surface area contributed by atoms with Crippen LogP contribution in [-0.4, -0.2) is 43.0 Å². The molecule has 4 heteroatoms. The summed E-state index contributed by atoms with van der Waals surface area (Å²) in [4.78, 5) is 13.6. The van der Waals surface area contributed by atoms with Crippen LogP contribution in [0.4, 0.5) is 0 Å². The summed E-state index contributed by atoms with van der Waals surface area (Å²) in [5, 5.41) is 2.89. The fourth-order valence-electron chi connectivity index (χ4n) is 1.39. The molecule has 0 radical (unpaired) electrons. The van der Waals surface area contributed by atoms with Crippen molar-refractivity contribution in [2.24, 2.45) is 11.7 Å². The molecule has 0 bridgehead atoms. The maximum absolute atomic E-state index is 11.5. The van der Waals surface area contributed by atoms with E-state index < -0.39 is 0 Å². The molecular weight excluding hydrogens is 190 g/mol. The van der Waals surface area contributed by atoms with Crippen LogP contribution in [0.25, 0.3) is 0 Å². The molecule has 0 saturated heterocycles. The second kappa shape index (κ2) is 7.65. The molecular formula is C11H25N3O. The predicted molar refractivity (Wildman–Crippen MR) is 63.6 cm³/mol. The van der Waals surface area contributed by atoms with Crippen molar-refractivity contribution < 1.29 is 4.79 Å². The molecule has 1 atom stereocenters. The average Bonchev–Trinajstić information content (AvgIpc) is 2.15. The number of likely N-dealkylation sites (N-methyl/N-ethyl adjacent to an activating group) is 1. The minimum absolute atomic E-state index is 0.0936. The highest BCUT2D eigenvalue weighted by atomic mass is 16.2. The molecule has 0 aromatic heterocycles. The third-order valence-electron chi connectivity index (χ3n) is 2.24. The van der Waals surface area contributed by atoms with E-state index in [9.17, 15) is 4.79 Å². The third-order valence-corrected chi connectivity index (χ3v) is 2.24. The van der Waals surface area contributed by atoms with E-state index in [0.29, 0.717) is 19.0 Å². The molecule has 90 valence electrons. The molecule has 15 heavy (non-hydrogen) atoms. The molecule has 0 aliphatic heterocycles. The van der Waals surface area contributed by atoms with Crippen molar-refractivity contribution in [3.63, 3.8) is 0 Å². The smallest absolute Gasteiger partial charge is 0.234 e. The highest BCUT2D eigenvalue weighted by Crippen LogP contribution is 1.97. The Bertz CT molecular complexity index is 183. The molecule has 0 aliphatic rings. The summed E-state index contributed by atoms with van der Waals surface area (Å²) in [6.45, 7) is 11.0. The number of carbonyl (C=O) groups excluding carboxylic acids is 1. The predicted octanol–water partition coefficient (Wildman–Crippen LogP) is 0.428. The normalized spacial score (nSPS) is 13.3. The zero-order valence-electron chi connectivity index (χ0n) is 10.4. The topological polar surface area (TPSA) is 58.4 Å². The van der Waals surface area contributed by atoms with Crippen molar-refractivity contribution in [2.45, 2.75) is 33.7 Å². The first-order chi connectivity index (χ1) is 6.99. The van der Waals surface area contributed by atoms with E-state index in [0.717, 1.165) is 13.1 Å². The van der Waals surface area contributed by atoms with E-state index in [-0.39, 0.29) is 11.9 Å². The summed E-state index contributed by atoms with van der Waals surface area (Å²) in [7, 11) is 0. The van der Waals surface area contributed by atoms with Gasteiger partial charge in [0.1, 0.15) is 0 Å². The number of hydrogen-bond donors (Lipinski definition) is 2. The molecule has 1 unspecified atom stereocenters. The van der Waals surface area contributed by atoms with Crippen LogP contribution in [0.3, 0.4) is 0 Å². The average molecular weight is 215 g/mol. The largest absolute Gasteiger partial charge is 0.353 e. The minimum Gasteiger partial charge on any atom is -0.353 e. The number of hydrogen-bond acceptors (Lipinski definition) is 3. The van der Waals surface area contributed by atoms with Gasteiger partial charge in [0, 0.05) is 12.6 Å². The quantitative estimate of drug-likeness (QED) is 0.647. The van der Waals surface area contributed by atoms with Gasteiger partial charge in [0.2, 0.25) is 5.91 Å². The monoisotopic (exact) mass is 215 g/mol. The van der Waals surface area contributed by atoms with Crippen molar-refractivity contribution in [3.8, 4) is 0 Å². The molecule has 0 aromatic rings. The van der Waals surface area contributed by atoms with Crippen LogP contribution in [-0.2, 0) is 4.79 Å². The molecule has 0 heterocycles. The molecule has 0 fully saturated rings. The van der Waals surface area contributed by atoms with Gasteiger partial charge in [0.15, 0.2) is 0 Å². The van der Waals surface area contributed by atoms with E-state index in [1.807, 2.05) is 13.8 Å². The molecule has 3 N–H and O–H groups in total. The Balaban J connectivity index is 3.92. The van der Waals surface area contributed by atoms with Crippen LogP contribution in [0.5, 0.6) is 0 Å². The summed E-state index contributed by atoms with van der Waals surface area (Å²) < 4.78 is 0. The molecule has 0 aromatic carbocycles. The lowest BCUT2D eigenvalue weighted by molar-refractivity contribution is -0.122. The number of carbonyl (C=O) groups is 1. The van der Waals surface area contributed by atoms with Gasteiger partial charge in [-0.2, -0.15) is 0 Å². The van der Waals surface area contributed by atoms with E-state index in [1.165, 1.54) is 0 Å². The first kappa shape index (κ1) is 14.4. The van der Waals surface area contributed by atoms with Gasteiger partial charge in [-0.15, -0.1) is 0 Å². The van der Waals surface area contributed by atoms with Crippen molar-refractivity contribution in [3.05, 3.63) is 0 Å². The van der Waals surface area contributed by atoms with E-state index in [1.54, 1.807) is 0 Å². The number of nitrogens with zero attached hydrogens (tertiary/aromatic N) is 1. The molecule has 4 nitrogen and oxygen atoms in total. The van der Waals surface area contributed by atoms with E-state index >= 15 is 0 Å². The van der Waals surface area contributed by atoms with Crippen LogP contribution >= 0.6 is 0 Å². The summed E-state index contributed by atoms with van der Waals surface area (Å²) in [6, 6.07) is 0.211. The van der Waals surface area contributed by atoms with Gasteiger partial charge in [0.25, 0.3) is 0 Å². The number of nitrogens with two attached hydrogens (primary N) is 1. The lowest BCUT2D eigenvalue weighted by Gasteiger charge is -2.23. The van der Waals surface area contributed by atoms with Gasteiger partial charge in [-0.3, -0.25) is 9.69 Å². The Morgan fingerprint density at radius 3 is 2.40 bits per heavy atom. The molecule has 0 spiro atoms. The summed E-state index contributed by atoms with van der Waals surface area (Å²) in [5.74, 6) is 0.535. The first-order valence-electron chi connectivity index (χ1n) is 5.71. The molecule has 0 aliphatic carbocycles. The van der Waals surface area contributed by atoms with Crippen LogP contribution in [0, 0.1) is 5.92 Å². The van der Waals surface area contributed by atoms with Gasteiger partial charge in [-0.25, -0.2) is 0 Å². The zero-order valence-corrected chi connectivity index (χ0v) is 10.4. The molecule has 0 rings (SSSR count). The third kappa shape index (κ3) is 7.33. The Hall–Kier alpha value is -0.610. The maximum Gasteiger partial charge on any atom is 0.234 e. The fourth-order valence-corrected chi connectivity index (χ4v) is 1.39. The number of rotatable bonds is 7. The number of amides is 1. The Labute approximate surface area is 93.2 Å². The van der Waals surface area contributed by atoms with Crippen LogP contribution < -0.4 is 11.1 Å². The van der Waals surface area contributed by atoms with E-state index in [4.69, 9.17) is 5.73 Å². The summed E-state index contributed by atoms with van der Waals surface area (Å²) in [5.41, 5.74) is 5.56. The zero-order chi connectivity index (χ0) is 11.8. The lowest BCUT2D eigenvalue weighted by Crippen LogP contribution is -2.42. The lowest BCUT2D eigenvalue weighted by atomic mass is 10.1. The van der Waals surface area contributed by atoms with Crippen molar-refractivity contribution in [1.29, 1.82) is 0 Å². The van der Waals surface area contributed by atoms with Crippen molar-refractivity contribution >= 4 is 5.91 Å². The summed E-state index contributed by atoms with van der Waals surface area (Å²) >= 11 is 0. The fraction of sp³-hybridized carbons (Fsp3) is 0.909. The Kier molecular flexibility index (Phi) is 7.34. The minimum atomic E-state index is 0.0936. The second-order valence-corrected chi connectivity index (χ2v) is 4.39. The van der Waals surface area contributed by atoms with Crippen LogP contribution in [0.2, 0.25) is 0 Å². The van der Waals surface area contributed by atoms with Gasteiger partial charge in [-0.05, 0) is 32.9 Å². The second-order valence-electron chi connectivity index (χ2n) is 4.39. The van der Waals surface area contributed by atoms with Gasteiger partial charge in [-0.1, -0.05) is 13.8 Å². The standard InChI is InChI=1S/C11H25N3O/c1-5-14(7-10(4)6-12)8-11(15)13-9(2)3/h9-10H,5-8,12H2,1-4H3,(H,13,15). The highest BCUT2D eigenvalue weighted by molar-refractivity contribution is 5.78. The van der Waals surface area contributed by atoms with Gasteiger partial charge >= 0.3 is 0 Å². The maximum atomic E-state index is 11.5. The Morgan fingerprint density at radius 2 is 2.00 bits per heavy atom. The van der Waals surface area contributed by atoms with Crippen molar-refractivity contribution in [2.75, 3.05) is 26.2 Å². The number of nitrogens with one attached hydrogen (secondary N) is 1. The van der Waals surface area contributed by atoms with Crippen LogP contribution in [0.1, 0.15) is 27.7 Å². The SMILES string of the molecule is CCN(CC(=O)NC(C)C)CC(C)CN. The van der Waals surface area contributed by atoms with Gasteiger partial charge < -0.3 is 11.1 Å².